The summed E-state index contributed by atoms with van der Waals surface area (Å²) in [5.74, 6) is 0. The highest BCUT2D eigenvalue weighted by molar-refractivity contribution is 6.68. The van der Waals surface area contributed by atoms with Crippen LogP contribution in [0.2, 0.25) is 0 Å². The van der Waals surface area contributed by atoms with Gasteiger partial charge in [0.25, 0.3) is 0 Å². The average molecular weight is 396 g/mol. The molecule has 1 aromatic rings. The summed E-state index contributed by atoms with van der Waals surface area (Å²) >= 11 is 18.2. The molecule has 0 amide bonds. The molecule has 0 aliphatic rings. The predicted molar refractivity (Wildman–Crippen MR) is 103 cm³/mol. The number of hydrogen-bond acceptors (Lipinski definition) is 4. The molecular formula is C17H25Cl3N2O2. The van der Waals surface area contributed by atoms with E-state index in [0.29, 0.717) is 6.42 Å². The van der Waals surface area contributed by atoms with Crippen molar-refractivity contribution in [1.29, 1.82) is 0 Å². The van der Waals surface area contributed by atoms with E-state index in [0.717, 1.165) is 24.1 Å². The van der Waals surface area contributed by atoms with Crippen LogP contribution in [0.3, 0.4) is 0 Å². The number of halogens is 3. The lowest BCUT2D eigenvalue weighted by atomic mass is 9.99. The van der Waals surface area contributed by atoms with Crippen LogP contribution >= 0.6 is 34.8 Å². The Hall–Kier alpha value is -0.360. The molecule has 0 heterocycles. The number of nitrogens with zero attached hydrogens (tertiary/aromatic N) is 1. The van der Waals surface area contributed by atoms with Gasteiger partial charge in [0.2, 0.25) is 3.79 Å². The molecule has 1 unspecified atom stereocenters. The molecule has 0 saturated carbocycles. The average Bonchev–Trinajstić information content (AvgIpc) is 2.57. The number of alkyl halides is 3. The maximum atomic E-state index is 9.42. The molecule has 3 N–H and O–H groups in total. The normalized spacial score (nSPS) is 14.3. The maximum Gasteiger partial charge on any atom is 0.209 e. The van der Waals surface area contributed by atoms with E-state index in [1.807, 2.05) is 38.1 Å². The van der Waals surface area contributed by atoms with Crippen LogP contribution in [-0.2, 0) is 0 Å². The number of hydrogen-bond donors (Lipinski definition) is 3. The zero-order valence-corrected chi connectivity index (χ0v) is 16.2. The molecule has 0 aromatic heterocycles. The Morgan fingerprint density at radius 2 is 1.71 bits per heavy atom. The van der Waals surface area contributed by atoms with E-state index in [1.165, 1.54) is 0 Å². The molecule has 0 saturated heterocycles. The molecule has 1 atom stereocenters. The smallest absolute Gasteiger partial charge is 0.209 e. The molecule has 7 heteroatoms. The van der Waals surface area contributed by atoms with E-state index in [1.54, 1.807) is 6.21 Å². The van der Waals surface area contributed by atoms with E-state index in [4.69, 9.17) is 34.8 Å². The molecule has 4 nitrogen and oxygen atoms in total. The van der Waals surface area contributed by atoms with Crippen molar-refractivity contribution in [3.63, 3.8) is 0 Å². The highest BCUT2D eigenvalue weighted by Gasteiger charge is 2.33. The van der Waals surface area contributed by atoms with E-state index in [9.17, 15) is 10.2 Å². The van der Waals surface area contributed by atoms with Gasteiger partial charge in [-0.3, -0.25) is 4.99 Å². The van der Waals surface area contributed by atoms with E-state index in [2.05, 4.69) is 10.3 Å². The van der Waals surface area contributed by atoms with Crippen molar-refractivity contribution in [3.05, 3.63) is 35.4 Å². The minimum Gasteiger partial charge on any atom is -0.394 e. The fourth-order valence-electron chi connectivity index (χ4n) is 2.14. The minimum absolute atomic E-state index is 0.204. The van der Waals surface area contributed by atoms with E-state index >= 15 is 0 Å². The second-order valence-electron chi connectivity index (χ2n) is 5.75. The third-order valence-electron chi connectivity index (χ3n) is 3.93. The van der Waals surface area contributed by atoms with Gasteiger partial charge in [-0.2, -0.15) is 0 Å². The number of benzene rings is 1. The van der Waals surface area contributed by atoms with Crippen LogP contribution in [0.4, 0.5) is 0 Å². The molecule has 0 bridgehead atoms. The van der Waals surface area contributed by atoms with Crippen LogP contribution in [0.1, 0.15) is 43.9 Å². The van der Waals surface area contributed by atoms with Gasteiger partial charge in [0.05, 0.1) is 19.3 Å². The summed E-state index contributed by atoms with van der Waals surface area (Å²) in [5.41, 5.74) is 0.866. The van der Waals surface area contributed by atoms with Crippen molar-refractivity contribution in [2.24, 2.45) is 4.99 Å². The third kappa shape index (κ3) is 6.17. The SMILES string of the molecule is CCCNC(c1ccc(C=NC(CC)(CO)CO)cc1)C(Cl)(Cl)Cl. The third-order valence-corrected chi connectivity index (χ3v) is 4.58. The van der Waals surface area contributed by atoms with E-state index < -0.39 is 15.4 Å². The first-order valence-corrected chi connectivity index (χ1v) is 9.12. The molecule has 0 aliphatic heterocycles. The first kappa shape index (κ1) is 21.7. The molecular weight excluding hydrogens is 371 g/mol. The van der Waals surface area contributed by atoms with Crippen molar-refractivity contribution < 1.29 is 10.2 Å². The molecule has 136 valence electrons. The monoisotopic (exact) mass is 394 g/mol. The number of rotatable bonds is 9. The first-order valence-electron chi connectivity index (χ1n) is 7.99. The highest BCUT2D eigenvalue weighted by atomic mass is 35.6. The molecule has 1 aromatic carbocycles. The molecule has 1 rings (SSSR count). The summed E-state index contributed by atoms with van der Waals surface area (Å²) in [4.78, 5) is 4.33. The second kappa shape index (κ2) is 9.95. The van der Waals surface area contributed by atoms with Crippen LogP contribution in [0, 0.1) is 0 Å². The Bertz CT molecular complexity index is 503. The second-order valence-corrected chi connectivity index (χ2v) is 8.12. The number of aliphatic imine (C=N–C) groups is 1. The molecule has 0 radical (unpaired) electrons. The van der Waals surface area contributed by atoms with Gasteiger partial charge in [0, 0.05) is 6.21 Å². The van der Waals surface area contributed by atoms with Gasteiger partial charge in [0.1, 0.15) is 5.54 Å². The van der Waals surface area contributed by atoms with Crippen LogP contribution in [0.5, 0.6) is 0 Å². The Labute approximate surface area is 158 Å². The Morgan fingerprint density at radius 3 is 2.12 bits per heavy atom. The molecule has 0 fully saturated rings. The molecule has 0 spiro atoms. The van der Waals surface area contributed by atoms with Crippen molar-refractivity contribution in [2.75, 3.05) is 19.8 Å². The van der Waals surface area contributed by atoms with Crippen molar-refractivity contribution in [1.82, 2.24) is 5.32 Å². The maximum absolute atomic E-state index is 9.42. The van der Waals surface area contributed by atoms with Crippen LogP contribution in [0.15, 0.2) is 29.3 Å². The zero-order chi connectivity index (χ0) is 18.2. The van der Waals surface area contributed by atoms with Crippen molar-refractivity contribution >= 4 is 41.0 Å². The summed E-state index contributed by atoms with van der Waals surface area (Å²) in [6.45, 7) is 4.26. The standard InChI is InChI=1S/C17H25Cl3N2O2/c1-3-9-21-15(17(18,19)20)14-7-5-13(6-8-14)10-22-16(4-2,11-23)12-24/h5-8,10,15,21,23-24H,3-4,9,11-12H2,1-2H3. The zero-order valence-electron chi connectivity index (χ0n) is 14.0. The number of aliphatic hydroxyl groups excluding tert-OH is 2. The largest absolute Gasteiger partial charge is 0.394 e. The van der Waals surface area contributed by atoms with Crippen LogP contribution in [-0.4, -0.2) is 45.5 Å². The van der Waals surface area contributed by atoms with Crippen LogP contribution < -0.4 is 5.32 Å². The van der Waals surface area contributed by atoms with Gasteiger partial charge in [0.15, 0.2) is 0 Å². The number of nitrogens with one attached hydrogen (secondary N) is 1. The summed E-state index contributed by atoms with van der Waals surface area (Å²) in [6, 6.07) is 7.08. The van der Waals surface area contributed by atoms with Crippen LogP contribution in [0.25, 0.3) is 0 Å². The Balaban J connectivity index is 2.94. The Kier molecular flexibility index (Phi) is 8.99. The molecule has 24 heavy (non-hydrogen) atoms. The van der Waals surface area contributed by atoms with Gasteiger partial charge >= 0.3 is 0 Å². The summed E-state index contributed by atoms with van der Waals surface area (Å²) in [6.07, 6.45) is 3.12. The lowest BCUT2D eigenvalue weighted by molar-refractivity contribution is 0.120. The topological polar surface area (TPSA) is 64.9 Å². The van der Waals surface area contributed by atoms with Gasteiger partial charge in [-0.05, 0) is 30.5 Å². The number of aliphatic hydroxyl groups is 2. The van der Waals surface area contributed by atoms with E-state index in [-0.39, 0.29) is 13.2 Å². The van der Waals surface area contributed by atoms with Gasteiger partial charge in [-0.25, -0.2) is 0 Å². The minimum atomic E-state index is -1.45. The van der Waals surface area contributed by atoms with Gasteiger partial charge in [-0.15, -0.1) is 0 Å². The van der Waals surface area contributed by atoms with Gasteiger partial charge in [-0.1, -0.05) is 72.9 Å². The highest BCUT2D eigenvalue weighted by Crippen LogP contribution is 2.39. The van der Waals surface area contributed by atoms with Gasteiger partial charge < -0.3 is 15.5 Å². The Morgan fingerprint density at radius 1 is 1.12 bits per heavy atom. The lowest BCUT2D eigenvalue weighted by Crippen LogP contribution is -2.35. The first-order chi connectivity index (χ1) is 11.3. The summed E-state index contributed by atoms with van der Waals surface area (Å²) in [7, 11) is 0. The quantitative estimate of drug-likeness (QED) is 0.442. The lowest BCUT2D eigenvalue weighted by Gasteiger charge is -2.26. The van der Waals surface area contributed by atoms with Crippen molar-refractivity contribution in [2.45, 2.75) is 42.1 Å². The fraction of sp³-hybridized carbons (Fsp3) is 0.588. The predicted octanol–water partition coefficient (Wildman–Crippen LogP) is 3.65. The van der Waals surface area contributed by atoms with Crippen molar-refractivity contribution in [3.8, 4) is 0 Å². The molecule has 0 aliphatic carbocycles. The fourth-order valence-corrected chi connectivity index (χ4v) is 2.75. The summed E-state index contributed by atoms with van der Waals surface area (Å²) < 4.78 is -1.45. The summed E-state index contributed by atoms with van der Waals surface area (Å²) in [5, 5.41) is 22.1.